The van der Waals surface area contributed by atoms with Gasteiger partial charge in [0.15, 0.2) is 5.78 Å². The number of hydrogen-bond donors (Lipinski definition) is 1. The first-order valence-corrected chi connectivity index (χ1v) is 9.53. The Labute approximate surface area is 158 Å². The number of ketones is 1. The highest BCUT2D eigenvalue weighted by atomic mass is 16.2. The standard InChI is InChI=1S/C19H24N6O2/c20-11-14-1-3-21-18(9-14)24-7-5-23(6-8-24)15-10-17(22-12-15)19(27)25-4-2-16(26)13-25/h1,3,9,15,17,22H,2,4-8,10,12-13H2/t15-,17-/m0/s1. The SMILES string of the molecule is N#Cc1ccnc(N2CCN([C@@H]3CN[C@H](C(=O)N4CCC(=O)C4)C3)CC2)c1. The fourth-order valence-corrected chi connectivity index (χ4v) is 4.20. The minimum absolute atomic E-state index is 0.0690. The largest absolute Gasteiger partial charge is 0.354 e. The molecular formula is C19H24N6O2. The number of anilines is 1. The second kappa shape index (κ2) is 7.62. The van der Waals surface area contributed by atoms with Crippen molar-refractivity contribution in [2.75, 3.05) is 50.7 Å². The van der Waals surface area contributed by atoms with Gasteiger partial charge >= 0.3 is 0 Å². The minimum atomic E-state index is -0.173. The van der Waals surface area contributed by atoms with E-state index in [-0.39, 0.29) is 24.3 Å². The van der Waals surface area contributed by atoms with Crippen LogP contribution >= 0.6 is 0 Å². The second-order valence-corrected chi connectivity index (χ2v) is 7.44. The van der Waals surface area contributed by atoms with Crippen LogP contribution in [0, 0.1) is 11.3 Å². The first-order chi connectivity index (χ1) is 13.1. The molecule has 3 aliphatic heterocycles. The maximum absolute atomic E-state index is 12.6. The molecule has 0 radical (unpaired) electrons. The van der Waals surface area contributed by atoms with E-state index in [9.17, 15) is 9.59 Å². The zero-order valence-electron chi connectivity index (χ0n) is 15.3. The van der Waals surface area contributed by atoms with Gasteiger partial charge in [-0.05, 0) is 18.6 Å². The Bertz CT molecular complexity index is 768. The van der Waals surface area contributed by atoms with Crippen molar-refractivity contribution in [1.82, 2.24) is 20.1 Å². The Morgan fingerprint density at radius 1 is 1.26 bits per heavy atom. The number of hydrogen-bond acceptors (Lipinski definition) is 7. The first-order valence-electron chi connectivity index (χ1n) is 9.53. The van der Waals surface area contributed by atoms with E-state index in [4.69, 9.17) is 5.26 Å². The molecule has 3 saturated heterocycles. The number of likely N-dealkylation sites (tertiary alicyclic amines) is 1. The summed E-state index contributed by atoms with van der Waals surface area (Å²) in [5.74, 6) is 1.08. The van der Waals surface area contributed by atoms with E-state index < -0.39 is 0 Å². The Kier molecular flexibility index (Phi) is 5.05. The molecule has 1 aromatic rings. The van der Waals surface area contributed by atoms with Crippen LogP contribution in [-0.2, 0) is 9.59 Å². The van der Waals surface area contributed by atoms with Gasteiger partial charge in [0.05, 0.1) is 24.2 Å². The summed E-state index contributed by atoms with van der Waals surface area (Å²) in [4.78, 5) is 34.7. The summed E-state index contributed by atoms with van der Waals surface area (Å²) < 4.78 is 0. The molecule has 3 fully saturated rings. The summed E-state index contributed by atoms with van der Waals surface area (Å²) in [7, 11) is 0. The van der Waals surface area contributed by atoms with Crippen LogP contribution < -0.4 is 10.2 Å². The van der Waals surface area contributed by atoms with Gasteiger partial charge in [0.25, 0.3) is 0 Å². The number of nitrogens with one attached hydrogen (secondary N) is 1. The van der Waals surface area contributed by atoms with Gasteiger partial charge in [-0.3, -0.25) is 14.5 Å². The van der Waals surface area contributed by atoms with E-state index in [1.165, 1.54) is 0 Å². The monoisotopic (exact) mass is 368 g/mol. The predicted molar refractivity (Wildman–Crippen MR) is 99.1 cm³/mol. The van der Waals surface area contributed by atoms with Crippen LogP contribution in [0.4, 0.5) is 5.82 Å². The van der Waals surface area contributed by atoms with E-state index >= 15 is 0 Å². The first kappa shape index (κ1) is 17.9. The van der Waals surface area contributed by atoms with Gasteiger partial charge < -0.3 is 15.1 Å². The lowest BCUT2D eigenvalue weighted by Crippen LogP contribution is -2.51. The molecule has 4 heterocycles. The highest BCUT2D eigenvalue weighted by Gasteiger charge is 2.37. The quantitative estimate of drug-likeness (QED) is 0.776. The fourth-order valence-electron chi connectivity index (χ4n) is 4.20. The topological polar surface area (TPSA) is 92.6 Å². The molecule has 0 aromatic carbocycles. The number of carbonyl (C=O) groups is 2. The van der Waals surface area contributed by atoms with Gasteiger partial charge in [-0.15, -0.1) is 0 Å². The van der Waals surface area contributed by atoms with E-state index in [2.05, 4.69) is 26.2 Å². The third-order valence-corrected chi connectivity index (χ3v) is 5.77. The molecule has 27 heavy (non-hydrogen) atoms. The summed E-state index contributed by atoms with van der Waals surface area (Å²) in [5.41, 5.74) is 0.629. The molecule has 0 unspecified atom stereocenters. The van der Waals surface area contributed by atoms with Crippen molar-refractivity contribution in [1.29, 1.82) is 5.26 Å². The van der Waals surface area contributed by atoms with E-state index in [1.807, 2.05) is 6.07 Å². The third kappa shape index (κ3) is 3.80. The Morgan fingerprint density at radius 2 is 2.07 bits per heavy atom. The molecule has 3 aliphatic rings. The number of rotatable bonds is 3. The number of nitriles is 1. The molecule has 8 nitrogen and oxygen atoms in total. The van der Waals surface area contributed by atoms with Crippen LogP contribution in [-0.4, -0.2) is 84.4 Å². The summed E-state index contributed by atoms with van der Waals surface area (Å²) in [5, 5.41) is 12.4. The summed E-state index contributed by atoms with van der Waals surface area (Å²) in [6.45, 7) is 5.18. The normalized spacial score (nSPS) is 26.4. The van der Waals surface area contributed by atoms with Crippen LogP contribution in [0.3, 0.4) is 0 Å². The minimum Gasteiger partial charge on any atom is -0.354 e. The number of nitrogens with zero attached hydrogens (tertiary/aromatic N) is 5. The van der Waals surface area contributed by atoms with Crippen molar-refractivity contribution in [3.63, 3.8) is 0 Å². The number of carbonyl (C=O) groups excluding carboxylic acids is 2. The van der Waals surface area contributed by atoms with E-state index in [1.54, 1.807) is 17.2 Å². The molecule has 142 valence electrons. The molecule has 0 bridgehead atoms. The molecular weight excluding hydrogens is 344 g/mol. The number of piperazine rings is 1. The van der Waals surface area contributed by atoms with Crippen molar-refractivity contribution in [2.45, 2.75) is 24.9 Å². The van der Waals surface area contributed by atoms with Gasteiger partial charge in [-0.1, -0.05) is 0 Å². The predicted octanol–water partition coefficient (Wildman–Crippen LogP) is -0.393. The second-order valence-electron chi connectivity index (χ2n) is 7.44. The van der Waals surface area contributed by atoms with Crippen molar-refractivity contribution in [2.24, 2.45) is 0 Å². The zero-order valence-corrected chi connectivity index (χ0v) is 15.3. The van der Waals surface area contributed by atoms with Crippen molar-refractivity contribution in [3.8, 4) is 6.07 Å². The lowest BCUT2D eigenvalue weighted by atomic mass is 10.1. The van der Waals surface area contributed by atoms with Crippen LogP contribution in [0.2, 0.25) is 0 Å². The zero-order chi connectivity index (χ0) is 18.8. The molecule has 0 spiro atoms. The lowest BCUT2D eigenvalue weighted by molar-refractivity contribution is -0.133. The van der Waals surface area contributed by atoms with E-state index in [0.717, 1.165) is 45.0 Å². The van der Waals surface area contributed by atoms with Crippen LogP contribution in [0.25, 0.3) is 0 Å². The highest BCUT2D eigenvalue weighted by Crippen LogP contribution is 2.21. The van der Waals surface area contributed by atoms with Gasteiger partial charge in [0, 0.05) is 57.9 Å². The smallest absolute Gasteiger partial charge is 0.240 e. The highest BCUT2D eigenvalue weighted by molar-refractivity contribution is 5.91. The number of amides is 1. The number of aromatic nitrogens is 1. The molecule has 1 amide bonds. The van der Waals surface area contributed by atoms with Gasteiger partial charge in [-0.25, -0.2) is 4.98 Å². The number of Topliss-reactive ketones (excluding diaryl/α,β-unsaturated/α-hetero) is 1. The molecule has 1 aromatic heterocycles. The summed E-state index contributed by atoms with van der Waals surface area (Å²) in [6, 6.07) is 5.88. The molecule has 0 saturated carbocycles. The van der Waals surface area contributed by atoms with Gasteiger partial charge in [0.1, 0.15) is 5.82 Å². The van der Waals surface area contributed by atoms with Crippen molar-refractivity contribution >= 4 is 17.5 Å². The average molecular weight is 368 g/mol. The molecule has 2 atom stereocenters. The van der Waals surface area contributed by atoms with Crippen LogP contribution in [0.5, 0.6) is 0 Å². The number of pyridine rings is 1. The van der Waals surface area contributed by atoms with Crippen molar-refractivity contribution in [3.05, 3.63) is 23.9 Å². The molecule has 8 heteroatoms. The Morgan fingerprint density at radius 3 is 2.78 bits per heavy atom. The summed E-state index contributed by atoms with van der Waals surface area (Å²) in [6.07, 6.45) is 2.97. The molecule has 0 aliphatic carbocycles. The van der Waals surface area contributed by atoms with Crippen LogP contribution in [0.1, 0.15) is 18.4 Å². The maximum Gasteiger partial charge on any atom is 0.240 e. The molecule has 4 rings (SSSR count). The maximum atomic E-state index is 12.6. The van der Waals surface area contributed by atoms with Gasteiger partial charge in [0.2, 0.25) is 5.91 Å². The Hall–Kier alpha value is -2.50. The van der Waals surface area contributed by atoms with Crippen molar-refractivity contribution < 1.29 is 9.59 Å². The van der Waals surface area contributed by atoms with Crippen LogP contribution in [0.15, 0.2) is 18.3 Å². The summed E-state index contributed by atoms with van der Waals surface area (Å²) >= 11 is 0. The lowest BCUT2D eigenvalue weighted by Gasteiger charge is -2.38. The van der Waals surface area contributed by atoms with E-state index in [0.29, 0.717) is 24.6 Å². The third-order valence-electron chi connectivity index (χ3n) is 5.77. The van der Waals surface area contributed by atoms with Gasteiger partial charge in [-0.2, -0.15) is 5.26 Å². The fraction of sp³-hybridized carbons (Fsp3) is 0.579. The molecule has 1 N–H and O–H groups in total. The Balaban J connectivity index is 1.29. The average Bonchev–Trinajstić information content (AvgIpc) is 3.37.